The van der Waals surface area contributed by atoms with Crippen LogP contribution >= 0.6 is 0 Å². The molecule has 1 aromatic carbocycles. The van der Waals surface area contributed by atoms with E-state index in [1.165, 1.54) is 0 Å². The van der Waals surface area contributed by atoms with Crippen molar-refractivity contribution in [1.29, 1.82) is 0 Å². The van der Waals surface area contributed by atoms with Crippen LogP contribution in [0.3, 0.4) is 0 Å². The molecule has 19 heavy (non-hydrogen) atoms. The van der Waals surface area contributed by atoms with Crippen LogP contribution in [-0.4, -0.2) is 36.3 Å². The highest BCUT2D eigenvalue weighted by Gasteiger charge is 2.14. The van der Waals surface area contributed by atoms with Crippen LogP contribution in [0.5, 0.6) is 0 Å². The first kappa shape index (κ1) is 13.7. The minimum Gasteiger partial charge on any atom is -0.478 e. The van der Waals surface area contributed by atoms with E-state index in [0.29, 0.717) is 12.1 Å². The topological polar surface area (TPSA) is 72.2 Å². The zero-order chi connectivity index (χ0) is 14.2. The smallest absolute Gasteiger partial charge is 0.335 e. The van der Waals surface area contributed by atoms with Crippen LogP contribution in [0.4, 0.5) is 0 Å². The fourth-order valence-corrected chi connectivity index (χ4v) is 2.33. The Bertz CT molecular complexity index is 663. The van der Waals surface area contributed by atoms with E-state index in [1.54, 1.807) is 24.5 Å². The lowest BCUT2D eigenvalue weighted by Gasteiger charge is -2.11. The highest BCUT2D eigenvalue weighted by molar-refractivity contribution is 7.84. The molecular formula is C13H16N2O3S. The molecule has 102 valence electrons. The van der Waals surface area contributed by atoms with Gasteiger partial charge in [-0.2, -0.15) is 0 Å². The van der Waals surface area contributed by atoms with E-state index in [-0.39, 0.29) is 10.8 Å². The number of carboxylic acids is 1. The maximum atomic E-state index is 11.5. The Labute approximate surface area is 113 Å². The average Bonchev–Trinajstić information content (AvgIpc) is 2.64. The molecule has 5 nitrogen and oxygen atoms in total. The summed E-state index contributed by atoms with van der Waals surface area (Å²) in [5, 5.41) is 8.99. The predicted molar refractivity (Wildman–Crippen MR) is 75.0 cm³/mol. The summed E-state index contributed by atoms with van der Waals surface area (Å²) in [4.78, 5) is 15.3. The van der Waals surface area contributed by atoms with Crippen molar-refractivity contribution in [1.82, 2.24) is 9.55 Å². The number of imidazole rings is 1. The van der Waals surface area contributed by atoms with Gasteiger partial charge in [-0.05, 0) is 32.0 Å². The fourth-order valence-electron chi connectivity index (χ4n) is 1.98. The number of aromatic carboxylic acids is 1. The zero-order valence-corrected chi connectivity index (χ0v) is 11.9. The molecular weight excluding hydrogens is 264 g/mol. The molecule has 2 aromatic rings. The minimum absolute atomic E-state index is 0.0234. The summed E-state index contributed by atoms with van der Waals surface area (Å²) in [5.74, 6) is -0.160. The number of carboxylic acid groups (broad SMARTS) is 1. The van der Waals surface area contributed by atoms with Crippen molar-refractivity contribution in [3.63, 3.8) is 0 Å². The summed E-state index contributed by atoms with van der Waals surface area (Å²) >= 11 is 0. The molecule has 2 unspecified atom stereocenters. The summed E-state index contributed by atoms with van der Waals surface area (Å²) in [6, 6.07) is 4.88. The number of aryl methyl sites for hydroxylation is 1. The molecule has 0 saturated carbocycles. The molecule has 0 radical (unpaired) electrons. The van der Waals surface area contributed by atoms with Crippen molar-refractivity contribution >= 4 is 27.8 Å². The highest BCUT2D eigenvalue weighted by atomic mass is 32.2. The fraction of sp³-hybridized carbons (Fsp3) is 0.385. The van der Waals surface area contributed by atoms with Crippen LogP contribution in [-0.2, 0) is 17.3 Å². The third-order valence-electron chi connectivity index (χ3n) is 3.19. The Morgan fingerprint density at radius 1 is 1.53 bits per heavy atom. The van der Waals surface area contributed by atoms with Gasteiger partial charge in [-0.1, -0.05) is 0 Å². The van der Waals surface area contributed by atoms with Crippen molar-refractivity contribution < 1.29 is 14.1 Å². The van der Waals surface area contributed by atoms with Gasteiger partial charge >= 0.3 is 5.97 Å². The van der Waals surface area contributed by atoms with E-state index in [1.807, 2.05) is 18.4 Å². The van der Waals surface area contributed by atoms with Crippen LogP contribution in [0, 0.1) is 6.92 Å². The molecule has 6 heteroatoms. The number of nitrogens with zero attached hydrogens (tertiary/aromatic N) is 2. The van der Waals surface area contributed by atoms with Crippen LogP contribution in [0.25, 0.3) is 11.0 Å². The molecule has 1 N–H and O–H groups in total. The van der Waals surface area contributed by atoms with Crippen LogP contribution < -0.4 is 0 Å². The molecule has 0 aliphatic rings. The van der Waals surface area contributed by atoms with Gasteiger partial charge in [0.1, 0.15) is 5.82 Å². The van der Waals surface area contributed by atoms with E-state index in [9.17, 15) is 9.00 Å². The van der Waals surface area contributed by atoms with Gasteiger partial charge in [-0.15, -0.1) is 0 Å². The largest absolute Gasteiger partial charge is 0.478 e. The van der Waals surface area contributed by atoms with E-state index in [0.717, 1.165) is 11.3 Å². The van der Waals surface area contributed by atoms with Crippen molar-refractivity contribution in [3.8, 4) is 0 Å². The molecule has 2 rings (SSSR count). The Balaban J connectivity index is 2.48. The van der Waals surface area contributed by atoms with Crippen LogP contribution in [0.1, 0.15) is 23.1 Å². The van der Waals surface area contributed by atoms with Gasteiger partial charge < -0.3 is 9.67 Å². The lowest BCUT2D eigenvalue weighted by atomic mass is 10.2. The first-order chi connectivity index (χ1) is 8.90. The van der Waals surface area contributed by atoms with E-state index in [2.05, 4.69) is 4.98 Å². The summed E-state index contributed by atoms with van der Waals surface area (Å²) in [6.07, 6.45) is 1.68. The standard InChI is InChI=1S/C13H16N2O3S/c1-8(19(3)18)7-15-9(2)14-11-6-10(13(16)17)4-5-12(11)15/h4-6,8H,7H2,1-3H3,(H,16,17). The van der Waals surface area contributed by atoms with Gasteiger partial charge in [0, 0.05) is 28.9 Å². The second-order valence-electron chi connectivity index (χ2n) is 4.59. The number of fused-ring (bicyclic) bond motifs is 1. The van der Waals surface area contributed by atoms with Gasteiger partial charge in [-0.25, -0.2) is 9.78 Å². The number of rotatable bonds is 4. The van der Waals surface area contributed by atoms with Crippen molar-refractivity contribution in [3.05, 3.63) is 29.6 Å². The van der Waals surface area contributed by atoms with Gasteiger partial charge in [0.2, 0.25) is 0 Å². The first-order valence-electron chi connectivity index (χ1n) is 5.92. The van der Waals surface area contributed by atoms with Gasteiger partial charge in [0.25, 0.3) is 0 Å². The number of hydrogen-bond donors (Lipinski definition) is 1. The minimum atomic E-state index is -0.961. The van der Waals surface area contributed by atoms with Crippen LogP contribution in [0.15, 0.2) is 18.2 Å². The molecule has 0 bridgehead atoms. The Kier molecular flexibility index (Phi) is 3.71. The number of carbonyl (C=O) groups is 1. The average molecular weight is 280 g/mol. The predicted octanol–water partition coefficient (Wildman–Crippen LogP) is 1.81. The van der Waals surface area contributed by atoms with E-state index < -0.39 is 16.8 Å². The van der Waals surface area contributed by atoms with Gasteiger partial charge in [0.15, 0.2) is 0 Å². The SMILES string of the molecule is Cc1nc2cc(C(=O)O)ccc2n1CC(C)S(C)=O. The third kappa shape index (κ3) is 2.68. The second-order valence-corrected chi connectivity index (χ2v) is 6.39. The monoisotopic (exact) mass is 280 g/mol. The van der Waals surface area contributed by atoms with Gasteiger partial charge in [-0.3, -0.25) is 4.21 Å². The second kappa shape index (κ2) is 5.13. The Morgan fingerprint density at radius 2 is 2.21 bits per heavy atom. The van der Waals surface area contributed by atoms with Crippen molar-refractivity contribution in [2.45, 2.75) is 25.6 Å². The molecule has 2 atom stereocenters. The first-order valence-corrected chi connectivity index (χ1v) is 7.54. The zero-order valence-electron chi connectivity index (χ0n) is 11.1. The third-order valence-corrected chi connectivity index (χ3v) is 4.47. The molecule has 0 amide bonds. The molecule has 0 aliphatic heterocycles. The van der Waals surface area contributed by atoms with E-state index in [4.69, 9.17) is 5.11 Å². The maximum Gasteiger partial charge on any atom is 0.335 e. The summed E-state index contributed by atoms with van der Waals surface area (Å²) in [5.41, 5.74) is 1.76. The number of hydrogen-bond acceptors (Lipinski definition) is 3. The van der Waals surface area contributed by atoms with Crippen molar-refractivity contribution in [2.75, 3.05) is 6.26 Å². The Hall–Kier alpha value is -1.69. The molecule has 1 aromatic heterocycles. The quantitative estimate of drug-likeness (QED) is 0.927. The summed E-state index contributed by atoms with van der Waals surface area (Å²) in [7, 11) is -0.901. The molecule has 0 aliphatic carbocycles. The van der Waals surface area contributed by atoms with E-state index >= 15 is 0 Å². The highest BCUT2D eigenvalue weighted by Crippen LogP contribution is 2.19. The van der Waals surface area contributed by atoms with Crippen molar-refractivity contribution in [2.24, 2.45) is 0 Å². The number of aromatic nitrogens is 2. The maximum absolute atomic E-state index is 11.5. The molecule has 0 spiro atoms. The molecule has 0 saturated heterocycles. The van der Waals surface area contributed by atoms with Crippen LogP contribution in [0.2, 0.25) is 0 Å². The molecule has 0 fully saturated rings. The lowest BCUT2D eigenvalue weighted by Crippen LogP contribution is -2.18. The Morgan fingerprint density at radius 3 is 2.79 bits per heavy atom. The number of benzene rings is 1. The normalized spacial score (nSPS) is 14.5. The van der Waals surface area contributed by atoms with Gasteiger partial charge in [0.05, 0.1) is 16.6 Å². The summed E-state index contributed by atoms with van der Waals surface area (Å²) < 4.78 is 13.4. The summed E-state index contributed by atoms with van der Waals surface area (Å²) in [6.45, 7) is 4.40. The lowest BCUT2D eigenvalue weighted by molar-refractivity contribution is 0.0697. The molecule has 1 heterocycles.